The molecule has 4 heteroatoms. The molecule has 1 rings (SSSR count). The van der Waals surface area contributed by atoms with Gasteiger partial charge >= 0.3 is 0 Å². The molecule has 0 amide bonds. The molecule has 3 nitrogen and oxygen atoms in total. The van der Waals surface area contributed by atoms with Gasteiger partial charge in [0, 0.05) is 5.75 Å². The molecule has 1 aromatic rings. The molecule has 0 N–H and O–H groups in total. The molecule has 0 heterocycles. The van der Waals surface area contributed by atoms with Gasteiger partial charge in [-0.1, -0.05) is 43.2 Å². The summed E-state index contributed by atoms with van der Waals surface area (Å²) in [6.07, 6.45) is 4.34. The van der Waals surface area contributed by atoms with E-state index in [0.29, 0.717) is 6.42 Å². The van der Waals surface area contributed by atoms with Gasteiger partial charge in [0.1, 0.15) is 0 Å². The number of aryl methyl sites for hydroxylation is 1. The molecule has 0 unspecified atom stereocenters. The molecular formula is C12H17O3S-. The van der Waals surface area contributed by atoms with Crippen molar-refractivity contribution in [3.05, 3.63) is 35.9 Å². The van der Waals surface area contributed by atoms with Crippen LogP contribution in [0.3, 0.4) is 0 Å². The first-order valence-electron chi connectivity index (χ1n) is 5.55. The van der Waals surface area contributed by atoms with Gasteiger partial charge in [0.05, 0.1) is 10.1 Å². The predicted molar refractivity (Wildman–Crippen MR) is 63.2 cm³/mol. The normalized spacial score (nSPS) is 11.6. The second-order valence-electron chi connectivity index (χ2n) is 3.91. The molecule has 0 atom stereocenters. The van der Waals surface area contributed by atoms with Crippen molar-refractivity contribution in [1.29, 1.82) is 0 Å². The highest BCUT2D eigenvalue weighted by Gasteiger charge is 1.96. The third-order valence-corrected chi connectivity index (χ3v) is 3.24. The van der Waals surface area contributed by atoms with Crippen LogP contribution in [0.2, 0.25) is 0 Å². The Morgan fingerprint density at radius 2 is 1.56 bits per heavy atom. The lowest BCUT2D eigenvalue weighted by Gasteiger charge is -2.06. The first kappa shape index (κ1) is 13.2. The van der Waals surface area contributed by atoms with Crippen molar-refractivity contribution in [2.45, 2.75) is 32.1 Å². The minimum atomic E-state index is -4.01. The van der Waals surface area contributed by atoms with Gasteiger partial charge < -0.3 is 4.55 Å². The number of hydrogen-bond donors (Lipinski definition) is 0. The van der Waals surface area contributed by atoms with Gasteiger partial charge in [0.2, 0.25) is 0 Å². The predicted octanol–water partition coefficient (Wildman–Crippen LogP) is 2.33. The van der Waals surface area contributed by atoms with E-state index in [-0.39, 0.29) is 5.75 Å². The zero-order valence-corrected chi connectivity index (χ0v) is 10.1. The Bertz CT molecular complexity index is 384. The Hall–Kier alpha value is -0.870. The lowest BCUT2D eigenvalue weighted by atomic mass is 10.1. The Morgan fingerprint density at radius 1 is 0.938 bits per heavy atom. The fourth-order valence-electron chi connectivity index (χ4n) is 1.61. The van der Waals surface area contributed by atoms with Crippen molar-refractivity contribution in [2.75, 3.05) is 5.75 Å². The standard InChI is InChI=1S/C12H18O3S/c13-16(14,15)11-7-2-1-4-8-12-9-5-3-6-10-12/h3,5-6,9-10H,1-2,4,7-8,11H2,(H,13,14,15)/p-1. The Kier molecular flexibility index (Phi) is 5.49. The largest absolute Gasteiger partial charge is 0.748 e. The van der Waals surface area contributed by atoms with E-state index in [1.807, 2.05) is 18.2 Å². The average molecular weight is 241 g/mol. The molecule has 0 bridgehead atoms. The van der Waals surface area contributed by atoms with Gasteiger partial charge in [0.25, 0.3) is 0 Å². The van der Waals surface area contributed by atoms with E-state index in [9.17, 15) is 13.0 Å². The van der Waals surface area contributed by atoms with Crippen molar-refractivity contribution < 1.29 is 13.0 Å². The maximum atomic E-state index is 10.3. The molecule has 90 valence electrons. The molecule has 0 saturated heterocycles. The third-order valence-electron chi connectivity index (χ3n) is 2.45. The van der Waals surface area contributed by atoms with Crippen LogP contribution in [0.5, 0.6) is 0 Å². The third kappa shape index (κ3) is 6.58. The van der Waals surface area contributed by atoms with Crippen molar-refractivity contribution in [3.8, 4) is 0 Å². The summed E-state index contributed by atoms with van der Waals surface area (Å²) in [7, 11) is -4.01. The topological polar surface area (TPSA) is 57.2 Å². The molecule has 16 heavy (non-hydrogen) atoms. The van der Waals surface area contributed by atoms with Gasteiger partial charge in [-0.3, -0.25) is 0 Å². The summed E-state index contributed by atoms with van der Waals surface area (Å²) < 4.78 is 31.0. The Balaban J connectivity index is 2.05. The molecule has 0 radical (unpaired) electrons. The van der Waals surface area contributed by atoms with Crippen LogP contribution in [0, 0.1) is 0 Å². The van der Waals surface area contributed by atoms with Crippen molar-refractivity contribution >= 4 is 10.1 Å². The van der Waals surface area contributed by atoms with Crippen LogP contribution in [0.4, 0.5) is 0 Å². The van der Waals surface area contributed by atoms with E-state index >= 15 is 0 Å². The van der Waals surface area contributed by atoms with Gasteiger partial charge in [-0.15, -0.1) is 0 Å². The van der Waals surface area contributed by atoms with E-state index in [1.54, 1.807) is 0 Å². The second kappa shape index (κ2) is 6.66. The van der Waals surface area contributed by atoms with Crippen LogP contribution in [0.1, 0.15) is 31.2 Å². The summed E-state index contributed by atoms with van der Waals surface area (Å²) in [6, 6.07) is 10.2. The van der Waals surface area contributed by atoms with E-state index in [0.717, 1.165) is 25.7 Å². The van der Waals surface area contributed by atoms with Crippen LogP contribution in [0.25, 0.3) is 0 Å². The highest BCUT2D eigenvalue weighted by Crippen LogP contribution is 2.07. The molecule has 0 aliphatic heterocycles. The number of benzene rings is 1. The molecule has 0 aliphatic rings. The Morgan fingerprint density at radius 3 is 2.19 bits per heavy atom. The average Bonchev–Trinajstić information content (AvgIpc) is 2.23. The quantitative estimate of drug-likeness (QED) is 0.544. The van der Waals surface area contributed by atoms with Gasteiger partial charge in [-0.2, -0.15) is 0 Å². The summed E-state index contributed by atoms with van der Waals surface area (Å²) in [5.41, 5.74) is 1.30. The van der Waals surface area contributed by atoms with Crippen molar-refractivity contribution in [2.24, 2.45) is 0 Å². The SMILES string of the molecule is O=S(=O)([O-])CCCCCCc1ccccc1. The van der Waals surface area contributed by atoms with Crippen molar-refractivity contribution in [3.63, 3.8) is 0 Å². The van der Waals surface area contributed by atoms with Crippen molar-refractivity contribution in [1.82, 2.24) is 0 Å². The number of rotatable bonds is 7. The first-order valence-corrected chi connectivity index (χ1v) is 7.13. The molecule has 0 saturated carbocycles. The lowest BCUT2D eigenvalue weighted by molar-refractivity contribution is 0.459. The first-order chi connectivity index (χ1) is 7.58. The zero-order chi connectivity index (χ0) is 11.9. The minimum Gasteiger partial charge on any atom is -0.748 e. The van der Waals surface area contributed by atoms with E-state index < -0.39 is 10.1 Å². The highest BCUT2D eigenvalue weighted by molar-refractivity contribution is 7.85. The summed E-state index contributed by atoms with van der Waals surface area (Å²) in [5, 5.41) is 0. The maximum Gasteiger partial charge on any atom is 0.0945 e. The number of unbranched alkanes of at least 4 members (excludes halogenated alkanes) is 3. The molecule has 0 aromatic heterocycles. The van der Waals surface area contributed by atoms with Crippen LogP contribution in [-0.4, -0.2) is 18.7 Å². The van der Waals surface area contributed by atoms with E-state index in [4.69, 9.17) is 0 Å². The summed E-state index contributed by atoms with van der Waals surface area (Å²) >= 11 is 0. The maximum absolute atomic E-state index is 10.3. The summed E-state index contributed by atoms with van der Waals surface area (Å²) in [5.74, 6) is -0.224. The van der Waals surface area contributed by atoms with E-state index in [1.165, 1.54) is 5.56 Å². The van der Waals surface area contributed by atoms with Crippen LogP contribution in [0.15, 0.2) is 30.3 Å². The fourth-order valence-corrected chi connectivity index (χ4v) is 2.16. The molecule has 0 fully saturated rings. The smallest absolute Gasteiger partial charge is 0.0945 e. The monoisotopic (exact) mass is 241 g/mol. The molecule has 0 aliphatic carbocycles. The van der Waals surface area contributed by atoms with Crippen LogP contribution < -0.4 is 0 Å². The summed E-state index contributed by atoms with van der Waals surface area (Å²) in [6.45, 7) is 0. The molecular weight excluding hydrogens is 224 g/mol. The van der Waals surface area contributed by atoms with Crippen LogP contribution in [-0.2, 0) is 16.5 Å². The fraction of sp³-hybridized carbons (Fsp3) is 0.500. The summed E-state index contributed by atoms with van der Waals surface area (Å²) in [4.78, 5) is 0. The molecule has 0 spiro atoms. The number of hydrogen-bond acceptors (Lipinski definition) is 3. The second-order valence-corrected chi connectivity index (χ2v) is 5.44. The van der Waals surface area contributed by atoms with Gasteiger partial charge in [0.15, 0.2) is 0 Å². The zero-order valence-electron chi connectivity index (χ0n) is 9.26. The minimum absolute atomic E-state index is 0.224. The van der Waals surface area contributed by atoms with Gasteiger partial charge in [-0.25, -0.2) is 8.42 Å². The lowest BCUT2D eigenvalue weighted by Crippen LogP contribution is -2.03. The van der Waals surface area contributed by atoms with E-state index in [2.05, 4.69) is 12.1 Å². The van der Waals surface area contributed by atoms with Crippen LogP contribution >= 0.6 is 0 Å². The highest BCUT2D eigenvalue weighted by atomic mass is 32.2. The Labute approximate surface area is 97.2 Å². The van der Waals surface area contributed by atoms with Gasteiger partial charge in [-0.05, 0) is 24.8 Å². The molecule has 1 aromatic carbocycles.